The van der Waals surface area contributed by atoms with Gasteiger partial charge < -0.3 is 9.47 Å². The Balaban J connectivity index is 1.73. The molecule has 0 fully saturated rings. The summed E-state index contributed by atoms with van der Waals surface area (Å²) >= 11 is 1.76. The summed E-state index contributed by atoms with van der Waals surface area (Å²) in [6.45, 7) is 0. The molecule has 0 atom stereocenters. The van der Waals surface area contributed by atoms with E-state index in [9.17, 15) is 13.6 Å². The second kappa shape index (κ2) is 9.03. The second-order valence-corrected chi connectivity index (χ2v) is 7.42. The van der Waals surface area contributed by atoms with Crippen molar-refractivity contribution in [2.45, 2.75) is 10.7 Å². The lowest BCUT2D eigenvalue weighted by molar-refractivity contribution is 0.102. The number of hydrogen-bond donors (Lipinski definition) is 1. The van der Waals surface area contributed by atoms with Gasteiger partial charge in [0, 0.05) is 27.5 Å². The zero-order valence-corrected chi connectivity index (χ0v) is 16.6. The minimum absolute atomic E-state index is 0.346. The van der Waals surface area contributed by atoms with E-state index in [2.05, 4.69) is 10.3 Å². The smallest absolute Gasteiger partial charge is 0.288 e. The number of carbonyl (C=O) groups is 1. The Morgan fingerprint density at radius 1 is 1.11 bits per heavy atom. The summed E-state index contributed by atoms with van der Waals surface area (Å²) in [5.74, 6) is -1.79. The monoisotopic (exact) mass is 422 g/mol. The molecule has 0 saturated carbocycles. The number of nitrogens with zero attached hydrogens (tertiary/aromatic N) is 1. The second-order valence-electron chi connectivity index (χ2n) is 5.50. The molecule has 0 aliphatic carbocycles. The van der Waals surface area contributed by atoms with Crippen LogP contribution in [0.2, 0.25) is 0 Å². The Hall–Kier alpha value is -2.65. The van der Waals surface area contributed by atoms with Crippen molar-refractivity contribution in [2.24, 2.45) is 0 Å². The molecule has 2 aromatic carbocycles. The van der Waals surface area contributed by atoms with E-state index >= 15 is 0 Å². The summed E-state index contributed by atoms with van der Waals surface area (Å²) in [5.41, 5.74) is 1.80. The van der Waals surface area contributed by atoms with Crippen molar-refractivity contribution in [3.63, 3.8) is 0 Å². The van der Waals surface area contributed by atoms with Crippen LogP contribution in [0, 0.1) is 0 Å². The number of hydrogen-bond acceptors (Lipinski definition) is 6. The Morgan fingerprint density at radius 2 is 1.75 bits per heavy atom. The molecule has 3 rings (SSSR count). The lowest BCUT2D eigenvalue weighted by Gasteiger charge is -2.08. The summed E-state index contributed by atoms with van der Waals surface area (Å²) in [6.07, 6.45) is 0. The van der Waals surface area contributed by atoms with Gasteiger partial charge in [-0.3, -0.25) is 10.1 Å². The van der Waals surface area contributed by atoms with Crippen LogP contribution in [0.4, 0.5) is 13.9 Å². The first-order chi connectivity index (χ1) is 13.5. The Labute approximate surface area is 168 Å². The fourth-order valence-corrected chi connectivity index (χ4v) is 3.59. The van der Waals surface area contributed by atoms with Gasteiger partial charge in [-0.25, -0.2) is 4.98 Å². The number of alkyl halides is 2. The van der Waals surface area contributed by atoms with E-state index in [0.29, 0.717) is 44.5 Å². The fourth-order valence-electron chi connectivity index (χ4n) is 2.38. The molecule has 3 aromatic rings. The first-order valence-corrected chi connectivity index (χ1v) is 9.79. The average molecular weight is 422 g/mol. The zero-order chi connectivity index (χ0) is 20.1. The van der Waals surface area contributed by atoms with Crippen molar-refractivity contribution in [3.8, 4) is 22.8 Å². The molecule has 9 heteroatoms. The maximum atomic E-state index is 12.5. The molecule has 146 valence electrons. The number of rotatable bonds is 7. The predicted octanol–water partition coefficient (Wildman–Crippen LogP) is 5.39. The van der Waals surface area contributed by atoms with Gasteiger partial charge in [0.15, 0.2) is 5.13 Å². The summed E-state index contributed by atoms with van der Waals surface area (Å²) in [7, 11) is 3.02. The summed E-state index contributed by atoms with van der Waals surface area (Å²) < 4.78 is 35.1. The van der Waals surface area contributed by atoms with Crippen LogP contribution in [-0.4, -0.2) is 30.9 Å². The largest absolute Gasteiger partial charge is 0.497 e. The van der Waals surface area contributed by atoms with Gasteiger partial charge in [-0.05, 0) is 24.3 Å². The van der Waals surface area contributed by atoms with Crippen molar-refractivity contribution in [1.82, 2.24) is 4.98 Å². The van der Waals surface area contributed by atoms with Crippen molar-refractivity contribution in [2.75, 3.05) is 19.5 Å². The van der Waals surface area contributed by atoms with Crippen LogP contribution in [0.5, 0.6) is 11.5 Å². The highest BCUT2D eigenvalue weighted by Crippen LogP contribution is 2.30. The standard InChI is InChI=1S/C19H16F2N2O3S2/c1-25-13-7-12(8-14(9-13)26-2)17(24)23-19-22-16(10-27-19)11-3-5-15(6-4-11)28-18(20)21/h3-10,18H,1-2H3,(H,22,23,24). The number of aromatic nitrogens is 1. The minimum atomic E-state index is -2.46. The molecule has 0 saturated heterocycles. The number of thiazole rings is 1. The van der Waals surface area contributed by atoms with E-state index in [1.54, 1.807) is 47.8 Å². The fraction of sp³-hybridized carbons (Fsp3) is 0.158. The number of methoxy groups -OCH3 is 2. The molecule has 28 heavy (non-hydrogen) atoms. The van der Waals surface area contributed by atoms with Gasteiger partial charge in [-0.2, -0.15) is 8.78 Å². The SMILES string of the molecule is COc1cc(OC)cc(C(=O)Nc2nc(-c3ccc(SC(F)F)cc3)cs2)c1. The van der Waals surface area contributed by atoms with E-state index in [1.165, 1.54) is 25.6 Å². The van der Waals surface area contributed by atoms with Gasteiger partial charge in [-0.1, -0.05) is 23.9 Å². The molecule has 0 radical (unpaired) electrons. The van der Waals surface area contributed by atoms with Crippen LogP contribution in [-0.2, 0) is 0 Å². The van der Waals surface area contributed by atoms with E-state index < -0.39 is 5.76 Å². The molecular weight excluding hydrogens is 406 g/mol. The number of ether oxygens (including phenoxy) is 2. The molecule has 0 bridgehead atoms. The number of carbonyl (C=O) groups excluding carboxylic acids is 1. The van der Waals surface area contributed by atoms with Crippen LogP contribution >= 0.6 is 23.1 Å². The van der Waals surface area contributed by atoms with Gasteiger partial charge in [0.25, 0.3) is 11.7 Å². The number of thioether (sulfide) groups is 1. The van der Waals surface area contributed by atoms with Crippen LogP contribution in [0.1, 0.15) is 10.4 Å². The molecule has 1 aromatic heterocycles. The lowest BCUT2D eigenvalue weighted by Crippen LogP contribution is -2.12. The molecule has 1 amide bonds. The number of nitrogens with one attached hydrogen (secondary N) is 1. The molecule has 0 unspecified atom stereocenters. The Morgan fingerprint density at radius 3 is 2.32 bits per heavy atom. The number of amides is 1. The van der Waals surface area contributed by atoms with E-state index in [-0.39, 0.29) is 5.91 Å². The quantitative estimate of drug-likeness (QED) is 0.517. The van der Waals surface area contributed by atoms with Crippen molar-refractivity contribution in [1.29, 1.82) is 0 Å². The molecule has 0 aliphatic rings. The molecule has 1 N–H and O–H groups in total. The maximum absolute atomic E-state index is 12.5. The van der Waals surface area contributed by atoms with E-state index in [1.807, 2.05) is 0 Å². The summed E-state index contributed by atoms with van der Waals surface area (Å²) in [6, 6.07) is 11.6. The van der Waals surface area contributed by atoms with Crippen LogP contribution < -0.4 is 14.8 Å². The maximum Gasteiger partial charge on any atom is 0.288 e. The zero-order valence-electron chi connectivity index (χ0n) is 14.9. The molecule has 0 spiro atoms. The third-order valence-electron chi connectivity index (χ3n) is 3.71. The highest BCUT2D eigenvalue weighted by Gasteiger charge is 2.13. The minimum Gasteiger partial charge on any atom is -0.497 e. The highest BCUT2D eigenvalue weighted by molar-refractivity contribution is 7.99. The first-order valence-electron chi connectivity index (χ1n) is 8.03. The third kappa shape index (κ3) is 4.99. The number of benzene rings is 2. The van der Waals surface area contributed by atoms with Crippen LogP contribution in [0.15, 0.2) is 52.7 Å². The summed E-state index contributed by atoms with van der Waals surface area (Å²) in [4.78, 5) is 17.4. The van der Waals surface area contributed by atoms with E-state index in [0.717, 1.165) is 5.56 Å². The summed E-state index contributed by atoms with van der Waals surface area (Å²) in [5, 5.41) is 4.96. The number of halogens is 2. The highest BCUT2D eigenvalue weighted by atomic mass is 32.2. The predicted molar refractivity (Wildman–Crippen MR) is 107 cm³/mol. The van der Waals surface area contributed by atoms with Crippen molar-refractivity contribution < 1.29 is 23.0 Å². The molecule has 1 heterocycles. The topological polar surface area (TPSA) is 60.5 Å². The Kier molecular flexibility index (Phi) is 6.48. The first kappa shape index (κ1) is 20.1. The lowest BCUT2D eigenvalue weighted by atomic mass is 10.2. The van der Waals surface area contributed by atoms with Gasteiger partial charge in [0.2, 0.25) is 0 Å². The molecule has 0 aliphatic heterocycles. The number of anilines is 1. The van der Waals surface area contributed by atoms with Gasteiger partial charge in [-0.15, -0.1) is 11.3 Å². The molecule has 5 nitrogen and oxygen atoms in total. The van der Waals surface area contributed by atoms with Crippen molar-refractivity contribution in [3.05, 3.63) is 53.4 Å². The van der Waals surface area contributed by atoms with E-state index in [4.69, 9.17) is 9.47 Å². The third-order valence-corrected chi connectivity index (χ3v) is 5.19. The molecular formula is C19H16F2N2O3S2. The van der Waals surface area contributed by atoms with Crippen LogP contribution in [0.25, 0.3) is 11.3 Å². The normalized spacial score (nSPS) is 10.8. The van der Waals surface area contributed by atoms with Gasteiger partial charge in [0.1, 0.15) is 11.5 Å². The average Bonchev–Trinajstić information content (AvgIpc) is 3.16. The Bertz CT molecular complexity index is 940. The van der Waals surface area contributed by atoms with Crippen LogP contribution in [0.3, 0.4) is 0 Å². The van der Waals surface area contributed by atoms with Gasteiger partial charge in [0.05, 0.1) is 19.9 Å². The van der Waals surface area contributed by atoms with Gasteiger partial charge >= 0.3 is 0 Å². The van der Waals surface area contributed by atoms with Crippen molar-refractivity contribution >= 4 is 34.1 Å².